The second kappa shape index (κ2) is 2.62. The molecule has 1 fully saturated rings. The van der Waals surface area contributed by atoms with Gasteiger partial charge in [-0.3, -0.25) is 4.79 Å². The number of hydrogen-bond donors (Lipinski definition) is 0. The van der Waals surface area contributed by atoms with Gasteiger partial charge in [0.2, 0.25) is 0 Å². The van der Waals surface area contributed by atoms with Gasteiger partial charge in [0.15, 0.2) is 0 Å². The maximum Gasteiger partial charge on any atom is 0.316 e. The Morgan fingerprint density at radius 2 is 2.21 bits per heavy atom. The number of hydrogen-bond acceptors (Lipinski definition) is 2. The van der Waals surface area contributed by atoms with Crippen LogP contribution in [-0.4, -0.2) is 13.1 Å². The molecule has 2 atom stereocenters. The fourth-order valence-corrected chi connectivity index (χ4v) is 3.51. The highest BCUT2D eigenvalue weighted by Crippen LogP contribution is 2.65. The topological polar surface area (TPSA) is 26.3 Å². The molecule has 0 aliphatic heterocycles. The molecule has 2 nitrogen and oxygen atoms in total. The van der Waals surface area contributed by atoms with Crippen LogP contribution in [0.1, 0.15) is 33.6 Å². The SMILES string of the molecule is COC(=O)[C@]12CC[C@H](C=C1C)C2(C)C. The van der Waals surface area contributed by atoms with Crippen LogP contribution in [0.4, 0.5) is 0 Å². The van der Waals surface area contributed by atoms with E-state index < -0.39 is 0 Å². The van der Waals surface area contributed by atoms with Crippen molar-refractivity contribution >= 4 is 5.97 Å². The number of esters is 1. The second-order valence-corrected chi connectivity index (χ2v) is 5.11. The molecule has 2 heteroatoms. The molecule has 78 valence electrons. The van der Waals surface area contributed by atoms with E-state index in [2.05, 4.69) is 26.8 Å². The van der Waals surface area contributed by atoms with Gasteiger partial charge in [-0.05, 0) is 31.1 Å². The molecule has 0 radical (unpaired) electrons. The summed E-state index contributed by atoms with van der Waals surface area (Å²) in [6.45, 7) is 6.45. The monoisotopic (exact) mass is 194 g/mol. The Kier molecular flexibility index (Phi) is 1.82. The third-order valence-corrected chi connectivity index (χ3v) is 4.52. The van der Waals surface area contributed by atoms with Gasteiger partial charge >= 0.3 is 5.97 Å². The maximum absolute atomic E-state index is 12.0. The van der Waals surface area contributed by atoms with Crippen molar-refractivity contribution in [1.29, 1.82) is 0 Å². The number of fused-ring (bicyclic) bond motifs is 2. The minimum atomic E-state index is -0.327. The summed E-state index contributed by atoms with van der Waals surface area (Å²) in [7, 11) is 1.49. The molecule has 0 N–H and O–H groups in total. The minimum Gasteiger partial charge on any atom is -0.468 e. The summed E-state index contributed by atoms with van der Waals surface area (Å²) in [5, 5.41) is 0. The Balaban J connectivity index is 2.51. The van der Waals surface area contributed by atoms with Crippen LogP contribution in [0.3, 0.4) is 0 Å². The zero-order chi connectivity index (χ0) is 10.6. The Labute approximate surface area is 85.3 Å². The highest BCUT2D eigenvalue weighted by atomic mass is 16.5. The van der Waals surface area contributed by atoms with Crippen LogP contribution in [0, 0.1) is 16.7 Å². The van der Waals surface area contributed by atoms with Crippen molar-refractivity contribution in [1.82, 2.24) is 0 Å². The molecule has 2 rings (SSSR count). The van der Waals surface area contributed by atoms with E-state index >= 15 is 0 Å². The molecule has 1 saturated carbocycles. The first kappa shape index (κ1) is 9.75. The van der Waals surface area contributed by atoms with Crippen LogP contribution >= 0.6 is 0 Å². The summed E-state index contributed by atoms with van der Waals surface area (Å²) in [4.78, 5) is 12.0. The van der Waals surface area contributed by atoms with Gasteiger partial charge in [0.1, 0.15) is 0 Å². The minimum absolute atomic E-state index is 0.0451. The van der Waals surface area contributed by atoms with E-state index in [-0.39, 0.29) is 16.8 Å². The first-order chi connectivity index (χ1) is 6.46. The van der Waals surface area contributed by atoms with Crippen molar-refractivity contribution < 1.29 is 9.53 Å². The van der Waals surface area contributed by atoms with Crippen LogP contribution in [0.5, 0.6) is 0 Å². The lowest BCUT2D eigenvalue weighted by Gasteiger charge is -2.37. The molecule has 0 aromatic rings. The number of carbonyl (C=O) groups is 1. The highest BCUT2D eigenvalue weighted by Gasteiger charge is 2.63. The van der Waals surface area contributed by atoms with E-state index in [0.717, 1.165) is 12.8 Å². The zero-order valence-corrected chi connectivity index (χ0v) is 9.39. The zero-order valence-electron chi connectivity index (χ0n) is 9.39. The lowest BCUT2D eigenvalue weighted by Crippen LogP contribution is -2.41. The predicted octanol–water partition coefficient (Wildman–Crippen LogP) is 2.54. The van der Waals surface area contributed by atoms with E-state index in [1.54, 1.807) is 0 Å². The molecule has 0 aromatic carbocycles. The van der Waals surface area contributed by atoms with Crippen molar-refractivity contribution in [2.24, 2.45) is 16.7 Å². The molecule has 14 heavy (non-hydrogen) atoms. The van der Waals surface area contributed by atoms with E-state index in [1.165, 1.54) is 12.7 Å². The Morgan fingerprint density at radius 3 is 2.57 bits per heavy atom. The summed E-state index contributed by atoms with van der Waals surface area (Å²) in [5.74, 6) is 0.512. The van der Waals surface area contributed by atoms with Crippen molar-refractivity contribution in [3.63, 3.8) is 0 Å². The summed E-state index contributed by atoms with van der Waals surface area (Å²) in [6, 6.07) is 0. The Hall–Kier alpha value is -0.790. The van der Waals surface area contributed by atoms with Crippen LogP contribution in [0.15, 0.2) is 11.6 Å². The van der Waals surface area contributed by atoms with E-state index in [9.17, 15) is 4.79 Å². The van der Waals surface area contributed by atoms with Crippen molar-refractivity contribution in [3.05, 3.63) is 11.6 Å². The van der Waals surface area contributed by atoms with Gasteiger partial charge in [-0.15, -0.1) is 0 Å². The quantitative estimate of drug-likeness (QED) is 0.473. The first-order valence-corrected chi connectivity index (χ1v) is 5.24. The molecule has 2 aliphatic rings. The van der Waals surface area contributed by atoms with Crippen LogP contribution in [0.2, 0.25) is 0 Å². The van der Waals surface area contributed by atoms with Gasteiger partial charge in [-0.25, -0.2) is 0 Å². The first-order valence-electron chi connectivity index (χ1n) is 5.24. The van der Waals surface area contributed by atoms with Crippen LogP contribution in [-0.2, 0) is 9.53 Å². The normalized spacial score (nSPS) is 38.3. The maximum atomic E-state index is 12.0. The van der Waals surface area contributed by atoms with Gasteiger partial charge < -0.3 is 4.74 Å². The number of ether oxygens (including phenoxy) is 1. The van der Waals surface area contributed by atoms with Gasteiger partial charge in [0.25, 0.3) is 0 Å². The molecule has 0 spiro atoms. The third kappa shape index (κ3) is 0.800. The smallest absolute Gasteiger partial charge is 0.316 e. The van der Waals surface area contributed by atoms with Gasteiger partial charge in [0, 0.05) is 0 Å². The molecule has 2 bridgehead atoms. The fourth-order valence-electron chi connectivity index (χ4n) is 3.51. The van der Waals surface area contributed by atoms with E-state index in [1.807, 2.05) is 0 Å². The molecule has 0 aromatic heterocycles. The molecule has 0 amide bonds. The Bertz CT molecular complexity index is 314. The Morgan fingerprint density at radius 1 is 1.57 bits per heavy atom. The predicted molar refractivity (Wildman–Crippen MR) is 54.7 cm³/mol. The summed E-state index contributed by atoms with van der Waals surface area (Å²) in [6.07, 6.45) is 4.35. The largest absolute Gasteiger partial charge is 0.468 e. The van der Waals surface area contributed by atoms with Crippen molar-refractivity contribution in [3.8, 4) is 0 Å². The highest BCUT2D eigenvalue weighted by molar-refractivity contribution is 5.83. The number of methoxy groups -OCH3 is 1. The van der Waals surface area contributed by atoms with Crippen LogP contribution < -0.4 is 0 Å². The van der Waals surface area contributed by atoms with Gasteiger partial charge in [-0.1, -0.05) is 25.5 Å². The third-order valence-electron chi connectivity index (χ3n) is 4.52. The van der Waals surface area contributed by atoms with E-state index in [4.69, 9.17) is 4.74 Å². The van der Waals surface area contributed by atoms with Gasteiger partial charge in [-0.2, -0.15) is 0 Å². The number of allylic oxidation sites excluding steroid dienone is 1. The van der Waals surface area contributed by atoms with Crippen molar-refractivity contribution in [2.45, 2.75) is 33.6 Å². The van der Waals surface area contributed by atoms with E-state index in [0.29, 0.717) is 5.92 Å². The second-order valence-electron chi connectivity index (χ2n) is 5.11. The average molecular weight is 194 g/mol. The van der Waals surface area contributed by atoms with Crippen LogP contribution in [0.25, 0.3) is 0 Å². The molecular formula is C12H18O2. The summed E-state index contributed by atoms with van der Waals surface area (Å²) in [5.41, 5.74) is 0.932. The molecule has 0 unspecified atom stereocenters. The lowest BCUT2D eigenvalue weighted by molar-refractivity contribution is -0.155. The van der Waals surface area contributed by atoms with Gasteiger partial charge in [0.05, 0.1) is 12.5 Å². The number of rotatable bonds is 1. The molecule has 2 aliphatic carbocycles. The fraction of sp³-hybridized carbons (Fsp3) is 0.750. The molecular weight excluding hydrogens is 176 g/mol. The standard InChI is InChI=1S/C12H18O2/c1-8-7-9-5-6-12(8,10(13)14-4)11(9,2)3/h7,9H,5-6H2,1-4H3/t9-,12+/m1/s1. The lowest BCUT2D eigenvalue weighted by atomic mass is 9.66. The number of carbonyl (C=O) groups excluding carboxylic acids is 1. The molecule has 0 heterocycles. The summed E-state index contributed by atoms with van der Waals surface area (Å²) < 4.78 is 4.98. The van der Waals surface area contributed by atoms with Crippen molar-refractivity contribution in [2.75, 3.05) is 7.11 Å². The average Bonchev–Trinajstić information content (AvgIpc) is 2.49. The summed E-state index contributed by atoms with van der Waals surface area (Å²) >= 11 is 0. The molecule has 0 saturated heterocycles.